The Morgan fingerprint density at radius 3 is 2.25 bits per heavy atom. The van der Waals surface area contributed by atoms with Gasteiger partial charge in [0.2, 0.25) is 0 Å². The number of hydrogen-bond donors (Lipinski definition) is 0. The molecule has 0 aliphatic carbocycles. The summed E-state index contributed by atoms with van der Waals surface area (Å²) in [5, 5.41) is -0.681. The van der Waals surface area contributed by atoms with Gasteiger partial charge in [-0.25, -0.2) is 8.78 Å². The molecule has 2 aromatic carbocycles. The maximum Gasteiger partial charge on any atom is 0.534 e. The maximum atomic E-state index is 13.4. The van der Waals surface area contributed by atoms with E-state index in [9.17, 15) is 30.4 Å². The second-order valence-electron chi connectivity index (χ2n) is 3.72. The van der Waals surface area contributed by atoms with Crippen molar-refractivity contribution >= 4 is 20.9 Å². The largest absolute Gasteiger partial charge is 0.534 e. The molecule has 0 aromatic heterocycles. The van der Waals surface area contributed by atoms with Gasteiger partial charge >= 0.3 is 15.6 Å². The molecule has 0 saturated heterocycles. The van der Waals surface area contributed by atoms with Crippen LogP contribution in [0.4, 0.5) is 22.0 Å². The normalized spacial score (nSPS) is 12.7. The van der Waals surface area contributed by atoms with Crippen LogP contribution >= 0.6 is 0 Å². The van der Waals surface area contributed by atoms with Crippen molar-refractivity contribution in [2.24, 2.45) is 0 Å². The van der Waals surface area contributed by atoms with Crippen molar-refractivity contribution in [3.8, 4) is 5.75 Å². The molecule has 2 rings (SSSR count). The van der Waals surface area contributed by atoms with Gasteiger partial charge in [0, 0.05) is 16.8 Å². The second-order valence-corrected chi connectivity index (χ2v) is 5.26. The zero-order valence-electron chi connectivity index (χ0n) is 9.41. The van der Waals surface area contributed by atoms with Crippen molar-refractivity contribution in [2.75, 3.05) is 0 Å². The molecule has 0 heterocycles. The Morgan fingerprint density at radius 2 is 1.65 bits per heavy atom. The molecule has 0 bridgehead atoms. The van der Waals surface area contributed by atoms with E-state index in [0.717, 1.165) is 18.2 Å². The first-order valence-electron chi connectivity index (χ1n) is 5.00. The first-order valence-corrected chi connectivity index (χ1v) is 6.41. The molecule has 0 spiro atoms. The van der Waals surface area contributed by atoms with Gasteiger partial charge in [-0.05, 0) is 12.1 Å². The van der Waals surface area contributed by atoms with Crippen LogP contribution in [0.15, 0.2) is 30.3 Å². The lowest BCUT2D eigenvalue weighted by molar-refractivity contribution is -0.0499. The minimum atomic E-state index is -5.91. The van der Waals surface area contributed by atoms with Crippen LogP contribution in [0.3, 0.4) is 0 Å². The highest BCUT2D eigenvalue weighted by molar-refractivity contribution is 7.88. The molecule has 0 N–H and O–H groups in total. The molecular weight excluding hydrogens is 307 g/mol. The summed E-state index contributed by atoms with van der Waals surface area (Å²) >= 11 is 0. The highest BCUT2D eigenvalue weighted by Gasteiger charge is 2.48. The summed E-state index contributed by atoms with van der Waals surface area (Å²) in [7, 11) is -5.91. The molecule has 0 radical (unpaired) electrons. The van der Waals surface area contributed by atoms with Crippen LogP contribution < -0.4 is 4.18 Å². The number of fused-ring (bicyclic) bond motifs is 1. The van der Waals surface area contributed by atoms with Crippen LogP contribution in [0.25, 0.3) is 10.8 Å². The summed E-state index contributed by atoms with van der Waals surface area (Å²) < 4.78 is 88.9. The number of hydrogen-bond acceptors (Lipinski definition) is 3. The fourth-order valence-corrected chi connectivity index (χ4v) is 1.99. The summed E-state index contributed by atoms with van der Waals surface area (Å²) in [5.41, 5.74) is -5.64. The number of rotatable bonds is 2. The van der Waals surface area contributed by atoms with Gasteiger partial charge in [0.05, 0.1) is 0 Å². The quantitative estimate of drug-likeness (QED) is 0.485. The number of halogens is 5. The molecule has 108 valence electrons. The third kappa shape index (κ3) is 2.53. The highest BCUT2D eigenvalue weighted by atomic mass is 32.2. The standard InChI is InChI=1S/C11H5F5O3S/c12-6-4-8-7(9(13)5-6)2-1-3-10(8)19-20(17,18)11(14,15)16/h1-5H. The summed E-state index contributed by atoms with van der Waals surface area (Å²) in [6.07, 6.45) is 0. The topological polar surface area (TPSA) is 43.4 Å². The fraction of sp³-hybridized carbons (Fsp3) is 0.0909. The molecule has 2 aromatic rings. The molecule has 0 fully saturated rings. The first kappa shape index (κ1) is 14.5. The van der Waals surface area contributed by atoms with E-state index in [-0.39, 0.29) is 5.39 Å². The van der Waals surface area contributed by atoms with Crippen LogP contribution in [-0.2, 0) is 10.1 Å². The van der Waals surface area contributed by atoms with E-state index in [1.807, 2.05) is 0 Å². The van der Waals surface area contributed by atoms with Gasteiger partial charge < -0.3 is 4.18 Å². The van der Waals surface area contributed by atoms with Crippen LogP contribution in [0.1, 0.15) is 0 Å². The number of alkyl halides is 3. The lowest BCUT2D eigenvalue weighted by atomic mass is 10.1. The molecule has 0 amide bonds. The minimum Gasteiger partial charge on any atom is -0.375 e. The zero-order valence-corrected chi connectivity index (χ0v) is 10.2. The Hall–Kier alpha value is -1.90. The van der Waals surface area contributed by atoms with Crippen molar-refractivity contribution in [1.29, 1.82) is 0 Å². The predicted molar refractivity (Wildman–Crippen MR) is 59.5 cm³/mol. The summed E-state index contributed by atoms with van der Waals surface area (Å²) in [6, 6.07) is 4.30. The van der Waals surface area contributed by atoms with Crippen LogP contribution in [0.2, 0.25) is 0 Å². The van der Waals surface area contributed by atoms with E-state index in [1.54, 1.807) is 0 Å². The van der Waals surface area contributed by atoms with Gasteiger partial charge in [0.25, 0.3) is 0 Å². The monoisotopic (exact) mass is 312 g/mol. The fourth-order valence-electron chi connectivity index (χ4n) is 1.52. The van der Waals surface area contributed by atoms with E-state index in [0.29, 0.717) is 12.1 Å². The Morgan fingerprint density at radius 1 is 1.00 bits per heavy atom. The zero-order chi connectivity index (χ0) is 15.1. The molecule has 9 heteroatoms. The molecule has 20 heavy (non-hydrogen) atoms. The molecule has 0 aliphatic rings. The van der Waals surface area contributed by atoms with E-state index in [1.165, 1.54) is 0 Å². The van der Waals surface area contributed by atoms with E-state index < -0.39 is 38.4 Å². The van der Waals surface area contributed by atoms with Gasteiger partial charge in [-0.3, -0.25) is 0 Å². The van der Waals surface area contributed by atoms with Crippen LogP contribution in [-0.4, -0.2) is 13.9 Å². The minimum absolute atomic E-state index is 0.263. The Balaban J connectivity index is 2.62. The van der Waals surface area contributed by atoms with Crippen molar-refractivity contribution in [1.82, 2.24) is 0 Å². The van der Waals surface area contributed by atoms with Gasteiger partial charge in [-0.1, -0.05) is 12.1 Å². The highest BCUT2D eigenvalue weighted by Crippen LogP contribution is 2.33. The SMILES string of the molecule is O=S(=O)(Oc1cccc2c(F)cc(F)cc12)C(F)(F)F. The van der Waals surface area contributed by atoms with Crippen molar-refractivity contribution in [2.45, 2.75) is 5.51 Å². The summed E-state index contributed by atoms with van der Waals surface area (Å²) in [4.78, 5) is 0. The summed E-state index contributed by atoms with van der Waals surface area (Å²) in [5.74, 6) is -2.93. The lowest BCUT2D eigenvalue weighted by Crippen LogP contribution is -2.28. The Labute approximate surface area is 109 Å². The van der Waals surface area contributed by atoms with Crippen molar-refractivity contribution < 1.29 is 34.6 Å². The van der Waals surface area contributed by atoms with Crippen LogP contribution in [0.5, 0.6) is 5.75 Å². The van der Waals surface area contributed by atoms with Gasteiger partial charge in [0.1, 0.15) is 11.6 Å². The molecular formula is C11H5F5O3S. The molecule has 3 nitrogen and oxygen atoms in total. The molecule has 0 aliphatic heterocycles. The molecule has 0 unspecified atom stereocenters. The molecule has 0 atom stereocenters. The Kier molecular flexibility index (Phi) is 3.32. The third-order valence-corrected chi connectivity index (χ3v) is 3.32. The molecule has 0 saturated carbocycles. The smallest absolute Gasteiger partial charge is 0.375 e. The number of benzene rings is 2. The average molecular weight is 312 g/mol. The van der Waals surface area contributed by atoms with Gasteiger partial charge in [0.15, 0.2) is 5.75 Å². The Bertz CT molecular complexity index is 767. The maximum absolute atomic E-state index is 13.4. The van der Waals surface area contributed by atoms with Gasteiger partial charge in [-0.15, -0.1) is 0 Å². The summed E-state index contributed by atoms with van der Waals surface area (Å²) in [6.45, 7) is 0. The van der Waals surface area contributed by atoms with Crippen LogP contribution in [0, 0.1) is 11.6 Å². The van der Waals surface area contributed by atoms with Crippen molar-refractivity contribution in [3.63, 3.8) is 0 Å². The predicted octanol–water partition coefficient (Wildman–Crippen LogP) is 3.35. The van der Waals surface area contributed by atoms with Crippen molar-refractivity contribution in [3.05, 3.63) is 42.0 Å². The first-order chi connectivity index (χ1) is 9.12. The van der Waals surface area contributed by atoms with E-state index in [2.05, 4.69) is 4.18 Å². The van der Waals surface area contributed by atoms with Gasteiger partial charge in [-0.2, -0.15) is 21.6 Å². The third-order valence-electron chi connectivity index (χ3n) is 2.35. The van der Waals surface area contributed by atoms with E-state index in [4.69, 9.17) is 0 Å². The lowest BCUT2D eigenvalue weighted by Gasteiger charge is -2.11. The second kappa shape index (κ2) is 4.58. The average Bonchev–Trinajstić information content (AvgIpc) is 2.28. The van der Waals surface area contributed by atoms with E-state index >= 15 is 0 Å².